The summed E-state index contributed by atoms with van der Waals surface area (Å²) in [4.78, 5) is 24.2. The molecule has 0 atom stereocenters. The number of esters is 1. The number of carbonyl (C=O) groups excluding carboxylic acids is 2. The number of furan rings is 1. The van der Waals surface area contributed by atoms with Crippen molar-refractivity contribution in [1.29, 1.82) is 0 Å². The van der Waals surface area contributed by atoms with E-state index in [-0.39, 0.29) is 17.4 Å². The predicted octanol–water partition coefficient (Wildman–Crippen LogP) is 3.14. The summed E-state index contributed by atoms with van der Waals surface area (Å²) in [7, 11) is 0. The molecule has 0 fully saturated rings. The second-order valence-electron chi connectivity index (χ2n) is 6.34. The maximum absolute atomic E-state index is 12.4. The van der Waals surface area contributed by atoms with Crippen LogP contribution in [0.5, 0.6) is 0 Å². The molecule has 0 aliphatic rings. The summed E-state index contributed by atoms with van der Waals surface area (Å²) in [5.74, 6) is 0.0336. The van der Waals surface area contributed by atoms with E-state index in [0.717, 1.165) is 5.69 Å². The van der Waals surface area contributed by atoms with Crippen molar-refractivity contribution in [2.75, 3.05) is 11.9 Å². The van der Waals surface area contributed by atoms with Gasteiger partial charge < -0.3 is 14.5 Å². The average molecular weight is 405 g/mol. The van der Waals surface area contributed by atoms with Crippen LogP contribution in [0.1, 0.15) is 33.7 Å². The molecule has 0 saturated heterocycles. The third kappa shape index (κ3) is 4.30. The number of carbonyl (C=O) groups is 2. The van der Waals surface area contributed by atoms with Gasteiger partial charge in [0.2, 0.25) is 0 Å². The minimum absolute atomic E-state index is 0.215. The number of anilines is 1. The van der Waals surface area contributed by atoms with Crippen LogP contribution < -0.4 is 5.32 Å². The molecule has 4 rings (SSSR count). The van der Waals surface area contributed by atoms with E-state index in [4.69, 9.17) is 9.15 Å². The van der Waals surface area contributed by atoms with Crippen molar-refractivity contribution in [3.63, 3.8) is 0 Å². The third-order valence-corrected chi connectivity index (χ3v) is 4.23. The van der Waals surface area contributed by atoms with E-state index < -0.39 is 5.97 Å². The number of rotatable bonds is 7. The highest BCUT2D eigenvalue weighted by molar-refractivity contribution is 6.02. The molecule has 3 aromatic heterocycles. The summed E-state index contributed by atoms with van der Waals surface area (Å²) in [5.41, 5.74) is 1.58. The summed E-state index contributed by atoms with van der Waals surface area (Å²) < 4.78 is 13.8. The van der Waals surface area contributed by atoms with Gasteiger partial charge in [0.15, 0.2) is 11.5 Å². The summed E-state index contributed by atoms with van der Waals surface area (Å²) in [5, 5.41) is 11.1. The summed E-state index contributed by atoms with van der Waals surface area (Å²) >= 11 is 0. The molecule has 1 N–H and O–H groups in total. The summed E-state index contributed by atoms with van der Waals surface area (Å²) in [6.07, 6.45) is 5.17. The molecule has 1 amide bonds. The van der Waals surface area contributed by atoms with E-state index in [1.54, 1.807) is 71.1 Å². The van der Waals surface area contributed by atoms with Crippen LogP contribution in [-0.2, 0) is 11.3 Å². The molecule has 0 aliphatic carbocycles. The van der Waals surface area contributed by atoms with Crippen LogP contribution >= 0.6 is 0 Å². The molecule has 0 aliphatic heterocycles. The first-order valence-corrected chi connectivity index (χ1v) is 9.33. The largest absolute Gasteiger partial charge is 0.461 e. The second-order valence-corrected chi connectivity index (χ2v) is 6.34. The maximum Gasteiger partial charge on any atom is 0.358 e. The van der Waals surface area contributed by atoms with E-state index in [9.17, 15) is 9.59 Å². The fourth-order valence-corrected chi connectivity index (χ4v) is 2.81. The molecule has 1 aromatic carbocycles. The van der Waals surface area contributed by atoms with Gasteiger partial charge in [-0.15, -0.1) is 0 Å². The Bertz CT molecular complexity index is 1140. The first-order valence-electron chi connectivity index (χ1n) is 9.33. The van der Waals surface area contributed by atoms with Crippen molar-refractivity contribution in [3.8, 4) is 5.69 Å². The van der Waals surface area contributed by atoms with Gasteiger partial charge in [-0.3, -0.25) is 9.48 Å². The Morgan fingerprint density at radius 2 is 1.93 bits per heavy atom. The highest BCUT2D eigenvalue weighted by Crippen LogP contribution is 2.16. The molecule has 0 spiro atoms. The van der Waals surface area contributed by atoms with E-state index >= 15 is 0 Å². The van der Waals surface area contributed by atoms with E-state index in [0.29, 0.717) is 24.6 Å². The Hall–Kier alpha value is -4.14. The molecule has 9 heteroatoms. The number of hydrogen-bond donors (Lipinski definition) is 1. The van der Waals surface area contributed by atoms with Gasteiger partial charge in [-0.1, -0.05) is 0 Å². The first kappa shape index (κ1) is 19.2. The van der Waals surface area contributed by atoms with Gasteiger partial charge in [0.05, 0.1) is 18.8 Å². The first-order chi connectivity index (χ1) is 14.6. The minimum Gasteiger partial charge on any atom is -0.461 e. The van der Waals surface area contributed by atoms with Crippen LogP contribution in [0.4, 0.5) is 5.69 Å². The van der Waals surface area contributed by atoms with Gasteiger partial charge >= 0.3 is 5.97 Å². The normalized spacial score (nSPS) is 10.7. The van der Waals surface area contributed by atoms with Crippen molar-refractivity contribution in [3.05, 3.63) is 84.3 Å². The number of benzene rings is 1. The molecule has 0 saturated carbocycles. The predicted molar refractivity (Wildman–Crippen MR) is 108 cm³/mol. The number of amides is 1. The molecule has 30 heavy (non-hydrogen) atoms. The van der Waals surface area contributed by atoms with Crippen LogP contribution in [0.15, 0.2) is 71.5 Å². The van der Waals surface area contributed by atoms with Gasteiger partial charge in [-0.05, 0) is 55.5 Å². The van der Waals surface area contributed by atoms with Gasteiger partial charge in [-0.2, -0.15) is 10.2 Å². The van der Waals surface area contributed by atoms with Gasteiger partial charge in [0.25, 0.3) is 5.91 Å². The average Bonchev–Trinajstić information content (AvgIpc) is 3.51. The van der Waals surface area contributed by atoms with Gasteiger partial charge in [0.1, 0.15) is 5.76 Å². The number of ether oxygens (including phenoxy) is 1. The standard InChI is InChI=1S/C21H19N5O4/c1-2-29-21(28)18-10-13-26(24-18)16-6-4-15(5-7-16)23-20(27)19-9-8-17(30-19)14-25-12-3-11-22-25/h3-13H,2,14H2,1H3,(H,23,27). The second kappa shape index (κ2) is 8.48. The summed E-state index contributed by atoms with van der Waals surface area (Å²) in [6.45, 7) is 2.48. The number of hydrogen-bond acceptors (Lipinski definition) is 6. The Balaban J connectivity index is 1.39. The van der Waals surface area contributed by atoms with Crippen molar-refractivity contribution in [1.82, 2.24) is 19.6 Å². The van der Waals surface area contributed by atoms with Crippen molar-refractivity contribution >= 4 is 17.6 Å². The van der Waals surface area contributed by atoms with Crippen LogP contribution in [0.2, 0.25) is 0 Å². The SMILES string of the molecule is CCOC(=O)c1ccn(-c2ccc(NC(=O)c3ccc(Cn4cccn4)o3)cc2)n1. The van der Waals surface area contributed by atoms with Crippen molar-refractivity contribution < 1.29 is 18.7 Å². The Morgan fingerprint density at radius 1 is 1.10 bits per heavy atom. The third-order valence-electron chi connectivity index (χ3n) is 4.23. The lowest BCUT2D eigenvalue weighted by Crippen LogP contribution is -2.11. The molecule has 0 bridgehead atoms. The van der Waals surface area contributed by atoms with E-state index in [1.165, 1.54) is 0 Å². The minimum atomic E-state index is -0.467. The fourth-order valence-electron chi connectivity index (χ4n) is 2.81. The highest BCUT2D eigenvalue weighted by Gasteiger charge is 2.13. The Morgan fingerprint density at radius 3 is 2.67 bits per heavy atom. The van der Waals surface area contributed by atoms with Gasteiger partial charge in [0, 0.05) is 24.3 Å². The zero-order valence-corrected chi connectivity index (χ0v) is 16.2. The van der Waals surface area contributed by atoms with Crippen molar-refractivity contribution in [2.45, 2.75) is 13.5 Å². The zero-order chi connectivity index (χ0) is 20.9. The number of nitrogens with zero attached hydrogens (tertiary/aromatic N) is 4. The van der Waals surface area contributed by atoms with Crippen molar-refractivity contribution in [2.24, 2.45) is 0 Å². The molecule has 4 aromatic rings. The number of nitrogens with one attached hydrogen (secondary N) is 1. The fraction of sp³-hybridized carbons (Fsp3) is 0.143. The van der Waals surface area contributed by atoms with Crippen LogP contribution in [0, 0.1) is 0 Å². The zero-order valence-electron chi connectivity index (χ0n) is 16.2. The highest BCUT2D eigenvalue weighted by atomic mass is 16.5. The molecule has 0 radical (unpaired) electrons. The lowest BCUT2D eigenvalue weighted by atomic mass is 10.2. The number of aromatic nitrogens is 4. The monoisotopic (exact) mass is 405 g/mol. The Labute approximate surface area is 171 Å². The topological polar surface area (TPSA) is 104 Å². The van der Waals surface area contributed by atoms with Crippen LogP contribution in [0.25, 0.3) is 5.69 Å². The molecular weight excluding hydrogens is 386 g/mol. The van der Waals surface area contributed by atoms with Gasteiger partial charge in [-0.25, -0.2) is 9.48 Å². The lowest BCUT2D eigenvalue weighted by Gasteiger charge is -2.06. The molecule has 152 valence electrons. The van der Waals surface area contributed by atoms with E-state index in [1.807, 2.05) is 12.3 Å². The molecule has 0 unspecified atom stereocenters. The molecular formula is C21H19N5O4. The summed E-state index contributed by atoms with van der Waals surface area (Å²) in [6, 6.07) is 13.8. The lowest BCUT2D eigenvalue weighted by molar-refractivity contribution is 0.0519. The molecule has 3 heterocycles. The maximum atomic E-state index is 12.4. The Kier molecular flexibility index (Phi) is 5.42. The van der Waals surface area contributed by atoms with Crippen LogP contribution in [-0.4, -0.2) is 38.0 Å². The molecule has 9 nitrogen and oxygen atoms in total. The quantitative estimate of drug-likeness (QED) is 0.474. The van der Waals surface area contributed by atoms with E-state index in [2.05, 4.69) is 15.5 Å². The van der Waals surface area contributed by atoms with Crippen LogP contribution in [0.3, 0.4) is 0 Å². The smallest absolute Gasteiger partial charge is 0.358 e.